The van der Waals surface area contributed by atoms with E-state index in [-0.39, 0.29) is 0 Å². The van der Waals surface area contributed by atoms with Gasteiger partial charge in [0, 0.05) is 0 Å². The van der Waals surface area contributed by atoms with Crippen LogP contribution in [-0.2, 0) is 20.0 Å². The Morgan fingerprint density at radius 1 is 0.457 bits per heavy atom. The first-order chi connectivity index (χ1) is 17.3. The summed E-state index contributed by atoms with van der Waals surface area (Å²) in [6, 6.07) is 37.6. The second-order valence-corrected chi connectivity index (χ2v) is 19.3. The molecule has 4 aromatic rings. The molecule has 0 saturated heterocycles. The van der Waals surface area contributed by atoms with E-state index in [1.165, 1.54) is 56.3 Å². The van der Waals surface area contributed by atoms with Crippen LogP contribution in [0.4, 0.5) is 0 Å². The van der Waals surface area contributed by atoms with Crippen LogP contribution in [0.3, 0.4) is 0 Å². The van der Waals surface area contributed by atoms with Crippen molar-refractivity contribution in [2.45, 2.75) is 55.2 Å². The van der Waals surface area contributed by atoms with Crippen molar-refractivity contribution in [3.63, 3.8) is 0 Å². The van der Waals surface area contributed by atoms with Gasteiger partial charge in [-0.2, -0.15) is 0 Å². The average Bonchev–Trinajstić information content (AvgIpc) is 3.44. The molecule has 0 saturated carbocycles. The van der Waals surface area contributed by atoms with Gasteiger partial charge in [0.15, 0.2) is 0 Å². The molecule has 0 spiro atoms. The van der Waals surface area contributed by atoms with E-state index in [1.54, 1.807) is 22.3 Å². The Morgan fingerprint density at radius 3 is 1.03 bits per heavy atom. The van der Waals surface area contributed by atoms with Crippen molar-refractivity contribution in [2.24, 2.45) is 0 Å². The number of fused-ring (bicyclic) bond motifs is 6. The van der Waals surface area contributed by atoms with E-state index in [4.69, 9.17) is 0 Å². The summed E-state index contributed by atoms with van der Waals surface area (Å²) < 4.78 is 4.15. The average molecular weight is 490 g/mol. The fourth-order valence-electron chi connectivity index (χ4n) is 7.99. The quantitative estimate of drug-likeness (QED) is 0.231. The van der Waals surface area contributed by atoms with Crippen molar-refractivity contribution in [1.82, 2.24) is 0 Å². The van der Waals surface area contributed by atoms with Crippen molar-refractivity contribution in [1.29, 1.82) is 0 Å². The SMILES string of the molecule is CCC[CH2][Sc]([CH2]CCC)([CH]1c2ccccc2-c2ccccc21)[CH]1c2ccccc2-c2ccccc21. The summed E-state index contributed by atoms with van der Waals surface area (Å²) in [5, 5.41) is 0. The normalized spacial score (nSPS) is 14.5. The fraction of sp³-hybridized carbons (Fsp3) is 0.294. The van der Waals surface area contributed by atoms with Gasteiger partial charge in [-0.15, -0.1) is 0 Å². The number of hydrogen-bond donors (Lipinski definition) is 0. The van der Waals surface area contributed by atoms with Crippen LogP contribution in [-0.4, -0.2) is 0 Å². The third-order valence-electron chi connectivity index (χ3n) is 9.28. The molecule has 0 amide bonds. The molecule has 0 atom stereocenters. The molecule has 0 N–H and O–H groups in total. The molecule has 2 aliphatic carbocycles. The molecular weight excluding hydrogens is 453 g/mol. The van der Waals surface area contributed by atoms with Gasteiger partial charge in [0.05, 0.1) is 0 Å². The van der Waals surface area contributed by atoms with E-state index >= 15 is 0 Å². The second kappa shape index (κ2) is 9.66. The van der Waals surface area contributed by atoms with E-state index in [0.29, 0.717) is 7.35 Å². The van der Waals surface area contributed by atoms with Crippen LogP contribution >= 0.6 is 0 Å². The van der Waals surface area contributed by atoms with E-state index in [2.05, 4.69) is 111 Å². The molecule has 1 heteroatoms. The molecule has 35 heavy (non-hydrogen) atoms. The Bertz CT molecular complexity index is 1150. The molecule has 0 nitrogen and oxygen atoms in total. The number of rotatable bonds is 8. The van der Waals surface area contributed by atoms with Crippen LogP contribution in [0.5, 0.6) is 0 Å². The third kappa shape index (κ3) is 3.65. The molecule has 0 bridgehead atoms. The first-order valence-corrected chi connectivity index (χ1v) is 18.5. The van der Waals surface area contributed by atoms with Crippen LogP contribution in [0.1, 0.15) is 69.1 Å². The molecule has 0 aromatic heterocycles. The second-order valence-electron chi connectivity index (χ2n) is 11.0. The van der Waals surface area contributed by atoms with Crippen LogP contribution in [0.15, 0.2) is 97.1 Å². The van der Waals surface area contributed by atoms with Crippen LogP contribution in [0.2, 0.25) is 8.35 Å². The van der Waals surface area contributed by atoms with Gasteiger partial charge >= 0.3 is 217 Å². The predicted molar refractivity (Wildman–Crippen MR) is 147 cm³/mol. The van der Waals surface area contributed by atoms with Gasteiger partial charge in [0.1, 0.15) is 0 Å². The molecule has 0 aliphatic heterocycles. The van der Waals surface area contributed by atoms with E-state index in [1.807, 2.05) is 0 Å². The van der Waals surface area contributed by atoms with Crippen molar-refractivity contribution >= 4 is 0 Å². The van der Waals surface area contributed by atoms with Gasteiger partial charge in [0.2, 0.25) is 0 Å². The molecule has 0 fully saturated rings. The molecule has 4 aromatic carbocycles. The topological polar surface area (TPSA) is 0 Å². The Labute approximate surface area is 215 Å². The predicted octanol–water partition coefficient (Wildman–Crippen LogP) is 10.1. The Kier molecular flexibility index (Phi) is 6.39. The standard InChI is InChI=1S/2C13H9.2C4H9.Sc/c2*1-3-7-12-10(5-1)9-11-6-2-4-8-13(11)12;2*1-3-4-2;/h2*1-9H;2*1,3-4H2,2H3;. The maximum absolute atomic E-state index is 2.95. The number of hydrogen-bond acceptors (Lipinski definition) is 0. The van der Waals surface area contributed by atoms with Crippen LogP contribution in [0, 0.1) is 0 Å². The zero-order valence-corrected chi connectivity index (χ0v) is 23.0. The first-order valence-electron chi connectivity index (χ1n) is 13.9. The zero-order valence-electron chi connectivity index (χ0n) is 21.2. The summed E-state index contributed by atoms with van der Waals surface area (Å²) >= 11 is -2.95. The van der Waals surface area contributed by atoms with Gasteiger partial charge in [-0.3, -0.25) is 0 Å². The monoisotopic (exact) mass is 489 g/mol. The minimum atomic E-state index is -2.95. The summed E-state index contributed by atoms with van der Waals surface area (Å²) in [7, 11) is 0. The van der Waals surface area contributed by atoms with Gasteiger partial charge < -0.3 is 0 Å². The van der Waals surface area contributed by atoms with Gasteiger partial charge in [-0.1, -0.05) is 0 Å². The van der Waals surface area contributed by atoms with E-state index in [9.17, 15) is 0 Å². The molecule has 6 rings (SSSR count). The first kappa shape index (κ1) is 23.2. The molecule has 0 heterocycles. The van der Waals surface area contributed by atoms with Crippen LogP contribution in [0.25, 0.3) is 22.3 Å². The maximum atomic E-state index is 2.48. The Morgan fingerprint density at radius 2 is 0.743 bits per heavy atom. The fourth-order valence-corrected chi connectivity index (χ4v) is 21.1. The summed E-state index contributed by atoms with van der Waals surface area (Å²) in [6.45, 7) is 4.78. The molecule has 2 aliphatic rings. The summed E-state index contributed by atoms with van der Waals surface area (Å²) in [6.07, 6.45) is 5.29. The molecule has 0 unspecified atom stereocenters. The Hall–Kier alpha value is -2.25. The molecule has 0 radical (unpaired) electrons. The van der Waals surface area contributed by atoms with E-state index < -0.39 is 20.0 Å². The Balaban J connectivity index is 1.66. The van der Waals surface area contributed by atoms with Crippen molar-refractivity contribution < 1.29 is 20.0 Å². The minimum absolute atomic E-state index is 0.617. The molecule has 175 valence electrons. The molecular formula is C34H36Sc. The summed E-state index contributed by atoms with van der Waals surface area (Å²) in [5.74, 6) is 0. The summed E-state index contributed by atoms with van der Waals surface area (Å²) in [5.41, 5.74) is 12.5. The van der Waals surface area contributed by atoms with Crippen molar-refractivity contribution in [2.75, 3.05) is 0 Å². The number of benzene rings is 4. The zero-order chi connectivity index (χ0) is 23.8. The van der Waals surface area contributed by atoms with Crippen molar-refractivity contribution in [3.05, 3.63) is 119 Å². The summed E-state index contributed by atoms with van der Waals surface area (Å²) in [4.78, 5) is 0. The van der Waals surface area contributed by atoms with Crippen LogP contribution < -0.4 is 0 Å². The van der Waals surface area contributed by atoms with Gasteiger partial charge in [-0.25, -0.2) is 0 Å². The van der Waals surface area contributed by atoms with E-state index in [0.717, 1.165) is 0 Å². The third-order valence-corrected chi connectivity index (χ3v) is 20.3. The van der Waals surface area contributed by atoms with Gasteiger partial charge in [0.25, 0.3) is 0 Å². The van der Waals surface area contributed by atoms with Crippen molar-refractivity contribution in [3.8, 4) is 22.3 Å². The number of unbranched alkanes of at least 4 members (excludes halogenated alkanes) is 2. The van der Waals surface area contributed by atoms with Gasteiger partial charge in [-0.05, 0) is 0 Å².